The molecule has 26 heavy (non-hydrogen) atoms. The Morgan fingerprint density at radius 3 is 2.54 bits per heavy atom. The predicted molar refractivity (Wildman–Crippen MR) is 93.9 cm³/mol. The van der Waals surface area contributed by atoms with Crippen LogP contribution in [0, 0.1) is 6.92 Å². The standard InChI is InChI=1S/C15H11ClF3N3O2S2/c1-8-2-3-10(9(16)6-8)22-26(23,24)14-5-4-12(25-14)11-7-13(21-20-11)15(17,18)19/h2-7,22H,1H3,(H,20,21). The van der Waals surface area contributed by atoms with Crippen LogP contribution < -0.4 is 4.72 Å². The number of aryl methyl sites for hydroxylation is 1. The molecule has 0 bridgehead atoms. The van der Waals surface area contributed by atoms with E-state index in [0.29, 0.717) is 0 Å². The first-order chi connectivity index (χ1) is 12.1. The molecule has 0 aliphatic rings. The summed E-state index contributed by atoms with van der Waals surface area (Å²) >= 11 is 6.83. The minimum Gasteiger partial charge on any atom is -0.277 e. The number of H-pyrrole nitrogens is 1. The van der Waals surface area contributed by atoms with E-state index >= 15 is 0 Å². The average Bonchev–Trinajstić information content (AvgIpc) is 3.17. The van der Waals surface area contributed by atoms with Crippen LogP contribution in [-0.4, -0.2) is 18.6 Å². The number of hydrogen-bond acceptors (Lipinski definition) is 4. The summed E-state index contributed by atoms with van der Waals surface area (Å²) in [5, 5.41) is 5.72. The molecule has 0 spiro atoms. The van der Waals surface area contributed by atoms with Crippen molar-refractivity contribution < 1.29 is 21.6 Å². The second kappa shape index (κ2) is 6.60. The summed E-state index contributed by atoms with van der Waals surface area (Å²) in [4.78, 5) is 0.284. The molecular formula is C15H11ClF3N3O2S2. The van der Waals surface area contributed by atoms with Gasteiger partial charge in [0.25, 0.3) is 10.0 Å². The third-order valence-corrected chi connectivity index (χ3v) is 6.63. The molecular weight excluding hydrogens is 411 g/mol. The smallest absolute Gasteiger partial charge is 0.277 e. The molecule has 0 aliphatic heterocycles. The lowest BCUT2D eigenvalue weighted by molar-refractivity contribution is -0.141. The number of rotatable bonds is 4. The molecule has 3 aromatic rings. The Hall–Kier alpha value is -2.04. The van der Waals surface area contributed by atoms with E-state index in [1.54, 1.807) is 12.1 Å². The number of thiophene rings is 1. The van der Waals surface area contributed by atoms with E-state index in [-0.39, 0.29) is 25.5 Å². The summed E-state index contributed by atoms with van der Waals surface area (Å²) in [5.41, 5.74) is 0.0914. The number of alkyl halides is 3. The number of anilines is 1. The first-order valence-electron chi connectivity index (χ1n) is 7.08. The molecule has 3 rings (SSSR count). The maximum absolute atomic E-state index is 12.6. The fourth-order valence-electron chi connectivity index (χ4n) is 2.09. The van der Waals surface area contributed by atoms with Crippen molar-refractivity contribution in [2.45, 2.75) is 17.3 Å². The van der Waals surface area contributed by atoms with Gasteiger partial charge in [-0.1, -0.05) is 17.7 Å². The second-order valence-corrected chi connectivity index (χ2v) is 8.77. The molecule has 0 aliphatic carbocycles. The lowest BCUT2D eigenvalue weighted by Gasteiger charge is -2.08. The van der Waals surface area contributed by atoms with Crippen molar-refractivity contribution in [3.8, 4) is 10.6 Å². The van der Waals surface area contributed by atoms with Gasteiger partial charge in [-0.05, 0) is 42.8 Å². The first kappa shape index (κ1) is 18.7. The van der Waals surface area contributed by atoms with E-state index in [1.807, 2.05) is 12.0 Å². The minimum absolute atomic E-state index is 0.0112. The van der Waals surface area contributed by atoms with Gasteiger partial charge in [-0.2, -0.15) is 18.3 Å². The Labute approximate surface area is 155 Å². The number of sulfonamides is 1. The molecule has 2 aromatic heterocycles. The number of nitrogens with zero attached hydrogens (tertiary/aromatic N) is 1. The number of halogens is 4. The highest BCUT2D eigenvalue weighted by molar-refractivity contribution is 7.94. The summed E-state index contributed by atoms with van der Waals surface area (Å²) < 4.78 is 65.2. The SMILES string of the molecule is Cc1ccc(NS(=O)(=O)c2ccc(-c3cc(C(F)(F)F)[nH]n3)s2)c(Cl)c1. The molecule has 0 radical (unpaired) electrons. The van der Waals surface area contributed by atoms with E-state index in [1.165, 1.54) is 18.2 Å². The largest absolute Gasteiger partial charge is 0.432 e. The van der Waals surface area contributed by atoms with Crippen molar-refractivity contribution in [1.29, 1.82) is 0 Å². The van der Waals surface area contributed by atoms with Crippen molar-refractivity contribution in [3.63, 3.8) is 0 Å². The van der Waals surface area contributed by atoms with Crippen LogP contribution in [0.3, 0.4) is 0 Å². The van der Waals surface area contributed by atoms with Crippen molar-refractivity contribution in [2.24, 2.45) is 0 Å². The van der Waals surface area contributed by atoms with Gasteiger partial charge in [-0.3, -0.25) is 9.82 Å². The Kier molecular flexibility index (Phi) is 4.76. The maximum atomic E-state index is 12.6. The van der Waals surface area contributed by atoms with Gasteiger partial charge in [-0.25, -0.2) is 8.42 Å². The van der Waals surface area contributed by atoms with Crippen LogP contribution in [0.5, 0.6) is 0 Å². The minimum atomic E-state index is -4.55. The fraction of sp³-hybridized carbons (Fsp3) is 0.133. The molecule has 11 heteroatoms. The Balaban J connectivity index is 1.87. The average molecular weight is 422 g/mol. The summed E-state index contributed by atoms with van der Waals surface area (Å²) in [6, 6.07) is 8.37. The molecule has 1 aromatic carbocycles. The zero-order valence-electron chi connectivity index (χ0n) is 13.1. The maximum Gasteiger partial charge on any atom is 0.432 e. The number of aromatic amines is 1. The van der Waals surface area contributed by atoms with Crippen LogP contribution in [0.2, 0.25) is 5.02 Å². The lowest BCUT2D eigenvalue weighted by Crippen LogP contribution is -2.11. The van der Waals surface area contributed by atoms with Gasteiger partial charge in [0.15, 0.2) is 0 Å². The van der Waals surface area contributed by atoms with Crippen LogP contribution in [0.4, 0.5) is 18.9 Å². The van der Waals surface area contributed by atoms with Crippen molar-refractivity contribution >= 4 is 38.6 Å². The number of benzene rings is 1. The van der Waals surface area contributed by atoms with Crippen LogP contribution >= 0.6 is 22.9 Å². The normalized spacial score (nSPS) is 12.3. The second-order valence-electron chi connectivity index (χ2n) is 5.37. The van der Waals surface area contributed by atoms with Crippen LogP contribution in [0.25, 0.3) is 10.6 Å². The Morgan fingerprint density at radius 1 is 1.19 bits per heavy atom. The zero-order chi connectivity index (χ0) is 19.1. The van der Waals surface area contributed by atoms with Gasteiger partial charge in [0, 0.05) is 0 Å². The highest BCUT2D eigenvalue weighted by Gasteiger charge is 2.33. The summed E-state index contributed by atoms with van der Waals surface area (Å²) in [6.45, 7) is 1.81. The molecule has 0 atom stereocenters. The van der Waals surface area contributed by atoms with Crippen LogP contribution in [0.1, 0.15) is 11.3 Å². The van der Waals surface area contributed by atoms with Gasteiger partial charge >= 0.3 is 6.18 Å². The molecule has 0 saturated heterocycles. The van der Waals surface area contributed by atoms with Gasteiger partial charge in [0.2, 0.25) is 0 Å². The fourth-order valence-corrected chi connectivity index (χ4v) is 4.78. The quantitative estimate of drug-likeness (QED) is 0.627. The van der Waals surface area contributed by atoms with Crippen molar-refractivity contribution in [3.05, 3.63) is 52.7 Å². The molecule has 0 saturated carbocycles. The number of hydrogen-bond donors (Lipinski definition) is 2. The van der Waals surface area contributed by atoms with Gasteiger partial charge in [-0.15, -0.1) is 11.3 Å². The topological polar surface area (TPSA) is 74.8 Å². The monoisotopic (exact) mass is 421 g/mol. The molecule has 2 heterocycles. The van der Waals surface area contributed by atoms with E-state index < -0.39 is 21.9 Å². The van der Waals surface area contributed by atoms with E-state index in [4.69, 9.17) is 11.6 Å². The summed E-state index contributed by atoms with van der Waals surface area (Å²) in [7, 11) is -3.93. The van der Waals surface area contributed by atoms with E-state index in [0.717, 1.165) is 23.0 Å². The highest BCUT2D eigenvalue weighted by atomic mass is 35.5. The van der Waals surface area contributed by atoms with E-state index in [9.17, 15) is 21.6 Å². The lowest BCUT2D eigenvalue weighted by atomic mass is 10.2. The Morgan fingerprint density at radius 2 is 1.92 bits per heavy atom. The molecule has 138 valence electrons. The third-order valence-electron chi connectivity index (χ3n) is 3.35. The highest BCUT2D eigenvalue weighted by Crippen LogP contribution is 2.35. The number of nitrogens with one attached hydrogen (secondary N) is 2. The van der Waals surface area contributed by atoms with Crippen LogP contribution in [0.15, 0.2) is 40.6 Å². The van der Waals surface area contributed by atoms with Crippen molar-refractivity contribution in [2.75, 3.05) is 4.72 Å². The zero-order valence-corrected chi connectivity index (χ0v) is 15.4. The molecule has 0 fully saturated rings. The third kappa shape index (κ3) is 3.87. The van der Waals surface area contributed by atoms with Gasteiger partial charge in [0.05, 0.1) is 15.6 Å². The molecule has 2 N–H and O–H groups in total. The van der Waals surface area contributed by atoms with Gasteiger partial charge in [0.1, 0.15) is 15.6 Å². The molecule has 5 nitrogen and oxygen atoms in total. The predicted octanol–water partition coefficient (Wildman–Crippen LogP) is 4.92. The van der Waals surface area contributed by atoms with Crippen LogP contribution in [-0.2, 0) is 16.2 Å². The first-order valence-corrected chi connectivity index (χ1v) is 9.76. The van der Waals surface area contributed by atoms with Gasteiger partial charge < -0.3 is 0 Å². The summed E-state index contributed by atoms with van der Waals surface area (Å²) in [6.07, 6.45) is -4.55. The molecule has 0 unspecified atom stereocenters. The molecule has 0 amide bonds. The Bertz CT molecular complexity index is 1060. The number of aromatic nitrogens is 2. The van der Waals surface area contributed by atoms with E-state index in [2.05, 4.69) is 9.82 Å². The summed E-state index contributed by atoms with van der Waals surface area (Å²) in [5.74, 6) is 0. The van der Waals surface area contributed by atoms with Crippen molar-refractivity contribution in [1.82, 2.24) is 10.2 Å².